The van der Waals surface area contributed by atoms with Gasteiger partial charge in [-0.15, -0.1) is 11.3 Å². The van der Waals surface area contributed by atoms with Gasteiger partial charge in [-0.25, -0.2) is 4.79 Å². The SMILES string of the molecule is CCCCC(=O)Oc1cccc(OC(=O)c2cccs2)c1. The summed E-state index contributed by atoms with van der Waals surface area (Å²) in [6, 6.07) is 10.0. The summed E-state index contributed by atoms with van der Waals surface area (Å²) < 4.78 is 10.4. The van der Waals surface area contributed by atoms with E-state index in [9.17, 15) is 9.59 Å². The Kier molecular flexibility index (Phi) is 5.51. The standard InChI is InChI=1S/C16H16O4S/c1-2-3-9-15(17)19-12-6-4-7-13(11-12)20-16(18)14-8-5-10-21-14/h4-8,10-11H,2-3,9H2,1H3. The Labute approximate surface area is 127 Å². The maximum atomic E-state index is 11.8. The Morgan fingerprint density at radius 1 is 1.10 bits per heavy atom. The first-order valence-corrected chi connectivity index (χ1v) is 7.63. The Hall–Kier alpha value is -2.14. The topological polar surface area (TPSA) is 52.6 Å². The average Bonchev–Trinajstić information content (AvgIpc) is 3.00. The maximum Gasteiger partial charge on any atom is 0.353 e. The number of unbranched alkanes of at least 4 members (excludes halogenated alkanes) is 1. The summed E-state index contributed by atoms with van der Waals surface area (Å²) in [6.45, 7) is 2.01. The van der Waals surface area contributed by atoms with Crippen molar-refractivity contribution in [2.75, 3.05) is 0 Å². The molecule has 0 atom stereocenters. The van der Waals surface area contributed by atoms with E-state index >= 15 is 0 Å². The number of benzene rings is 1. The molecule has 0 radical (unpaired) electrons. The van der Waals surface area contributed by atoms with E-state index in [0.29, 0.717) is 22.8 Å². The second-order valence-electron chi connectivity index (χ2n) is 4.42. The third-order valence-electron chi connectivity index (χ3n) is 2.70. The van der Waals surface area contributed by atoms with Crippen molar-refractivity contribution >= 4 is 23.3 Å². The number of rotatable bonds is 6. The molecule has 1 aromatic heterocycles. The highest BCUT2D eigenvalue weighted by Crippen LogP contribution is 2.22. The van der Waals surface area contributed by atoms with Crippen LogP contribution in [0.15, 0.2) is 41.8 Å². The molecular formula is C16H16O4S. The Balaban J connectivity index is 1.97. The van der Waals surface area contributed by atoms with Gasteiger partial charge >= 0.3 is 11.9 Å². The molecule has 1 aromatic carbocycles. The maximum absolute atomic E-state index is 11.8. The number of hydrogen-bond acceptors (Lipinski definition) is 5. The first-order chi connectivity index (χ1) is 10.2. The van der Waals surface area contributed by atoms with Gasteiger partial charge in [-0.05, 0) is 30.0 Å². The number of esters is 2. The lowest BCUT2D eigenvalue weighted by Crippen LogP contribution is -2.08. The van der Waals surface area contributed by atoms with E-state index in [2.05, 4.69) is 0 Å². The molecule has 0 bridgehead atoms. The van der Waals surface area contributed by atoms with Crippen LogP contribution in [0, 0.1) is 0 Å². The molecule has 0 amide bonds. The highest BCUT2D eigenvalue weighted by molar-refractivity contribution is 7.12. The summed E-state index contributed by atoms with van der Waals surface area (Å²) >= 11 is 1.31. The molecule has 0 fully saturated rings. The summed E-state index contributed by atoms with van der Waals surface area (Å²) in [7, 11) is 0. The lowest BCUT2D eigenvalue weighted by Gasteiger charge is -2.06. The molecule has 0 saturated carbocycles. The first-order valence-electron chi connectivity index (χ1n) is 6.75. The van der Waals surface area contributed by atoms with E-state index in [1.807, 2.05) is 12.3 Å². The van der Waals surface area contributed by atoms with Crippen molar-refractivity contribution in [3.05, 3.63) is 46.7 Å². The second kappa shape index (κ2) is 7.59. The fraction of sp³-hybridized carbons (Fsp3) is 0.250. The van der Waals surface area contributed by atoms with Crippen LogP contribution in [0.1, 0.15) is 35.9 Å². The van der Waals surface area contributed by atoms with Gasteiger partial charge in [0.15, 0.2) is 0 Å². The third-order valence-corrected chi connectivity index (χ3v) is 3.55. The van der Waals surface area contributed by atoms with Gasteiger partial charge in [0.2, 0.25) is 0 Å². The minimum Gasteiger partial charge on any atom is -0.426 e. The van der Waals surface area contributed by atoms with E-state index in [0.717, 1.165) is 12.8 Å². The van der Waals surface area contributed by atoms with E-state index in [1.165, 1.54) is 17.4 Å². The zero-order valence-corrected chi connectivity index (χ0v) is 12.5. The van der Waals surface area contributed by atoms with E-state index in [1.54, 1.807) is 30.3 Å². The predicted molar refractivity (Wildman–Crippen MR) is 80.9 cm³/mol. The fourth-order valence-corrected chi connectivity index (χ4v) is 2.26. The lowest BCUT2D eigenvalue weighted by atomic mass is 10.2. The highest BCUT2D eigenvalue weighted by Gasteiger charge is 2.11. The van der Waals surface area contributed by atoms with Crippen molar-refractivity contribution < 1.29 is 19.1 Å². The average molecular weight is 304 g/mol. The van der Waals surface area contributed by atoms with Crippen molar-refractivity contribution in [2.45, 2.75) is 26.2 Å². The van der Waals surface area contributed by atoms with Crippen molar-refractivity contribution in [2.24, 2.45) is 0 Å². The molecule has 0 aliphatic rings. The van der Waals surface area contributed by atoms with Crippen LogP contribution < -0.4 is 9.47 Å². The summed E-state index contributed by atoms with van der Waals surface area (Å²) in [5.74, 6) is 0.0415. The summed E-state index contributed by atoms with van der Waals surface area (Å²) in [5, 5.41) is 1.81. The largest absolute Gasteiger partial charge is 0.426 e. The monoisotopic (exact) mass is 304 g/mol. The van der Waals surface area contributed by atoms with Crippen LogP contribution in [-0.4, -0.2) is 11.9 Å². The van der Waals surface area contributed by atoms with Crippen LogP contribution in [0.2, 0.25) is 0 Å². The van der Waals surface area contributed by atoms with Gasteiger partial charge in [0, 0.05) is 12.5 Å². The molecule has 0 N–H and O–H groups in total. The van der Waals surface area contributed by atoms with E-state index < -0.39 is 5.97 Å². The molecule has 0 spiro atoms. The minimum atomic E-state index is -0.417. The highest BCUT2D eigenvalue weighted by atomic mass is 32.1. The van der Waals surface area contributed by atoms with Gasteiger partial charge in [0.25, 0.3) is 0 Å². The van der Waals surface area contributed by atoms with Gasteiger partial charge in [0.1, 0.15) is 16.4 Å². The molecule has 2 rings (SSSR count). The number of carbonyl (C=O) groups excluding carboxylic acids is 2. The van der Waals surface area contributed by atoms with Crippen LogP contribution in [0.3, 0.4) is 0 Å². The Morgan fingerprint density at radius 3 is 2.52 bits per heavy atom. The van der Waals surface area contributed by atoms with Gasteiger partial charge in [-0.1, -0.05) is 25.5 Å². The molecule has 4 nitrogen and oxygen atoms in total. The van der Waals surface area contributed by atoms with Crippen molar-refractivity contribution in [1.29, 1.82) is 0 Å². The molecular weight excluding hydrogens is 288 g/mol. The fourth-order valence-electron chi connectivity index (χ4n) is 1.66. The molecule has 21 heavy (non-hydrogen) atoms. The molecule has 5 heteroatoms. The molecule has 2 aromatic rings. The molecule has 0 aliphatic heterocycles. The second-order valence-corrected chi connectivity index (χ2v) is 5.37. The zero-order chi connectivity index (χ0) is 15.1. The van der Waals surface area contributed by atoms with Gasteiger partial charge in [0.05, 0.1) is 0 Å². The van der Waals surface area contributed by atoms with Gasteiger partial charge in [-0.3, -0.25) is 4.79 Å². The first kappa shape index (κ1) is 15.3. The van der Waals surface area contributed by atoms with Crippen LogP contribution in [0.5, 0.6) is 11.5 Å². The number of ether oxygens (including phenoxy) is 2. The van der Waals surface area contributed by atoms with Crippen molar-refractivity contribution in [3.63, 3.8) is 0 Å². The summed E-state index contributed by atoms with van der Waals surface area (Å²) in [6.07, 6.45) is 2.12. The molecule has 0 aliphatic carbocycles. The normalized spacial score (nSPS) is 10.1. The van der Waals surface area contributed by atoms with Gasteiger partial charge < -0.3 is 9.47 Å². The van der Waals surface area contributed by atoms with Crippen LogP contribution >= 0.6 is 11.3 Å². The summed E-state index contributed by atoms with van der Waals surface area (Å²) in [4.78, 5) is 23.9. The van der Waals surface area contributed by atoms with Crippen molar-refractivity contribution in [1.82, 2.24) is 0 Å². The molecule has 110 valence electrons. The number of thiophene rings is 1. The number of hydrogen-bond donors (Lipinski definition) is 0. The zero-order valence-electron chi connectivity index (χ0n) is 11.7. The van der Waals surface area contributed by atoms with E-state index in [4.69, 9.17) is 9.47 Å². The van der Waals surface area contributed by atoms with Crippen LogP contribution in [-0.2, 0) is 4.79 Å². The van der Waals surface area contributed by atoms with Crippen LogP contribution in [0.25, 0.3) is 0 Å². The van der Waals surface area contributed by atoms with Crippen LogP contribution in [0.4, 0.5) is 0 Å². The Morgan fingerprint density at radius 2 is 1.86 bits per heavy atom. The summed E-state index contributed by atoms with van der Waals surface area (Å²) in [5.41, 5.74) is 0. The van der Waals surface area contributed by atoms with Gasteiger partial charge in [-0.2, -0.15) is 0 Å². The number of carbonyl (C=O) groups is 2. The minimum absolute atomic E-state index is 0.279. The smallest absolute Gasteiger partial charge is 0.353 e. The predicted octanol–water partition coefficient (Wildman–Crippen LogP) is 4.06. The van der Waals surface area contributed by atoms with Crippen molar-refractivity contribution in [3.8, 4) is 11.5 Å². The quantitative estimate of drug-likeness (QED) is 0.596. The third kappa shape index (κ3) is 4.72. The molecule has 0 unspecified atom stereocenters. The van der Waals surface area contributed by atoms with E-state index in [-0.39, 0.29) is 5.97 Å². The Bertz CT molecular complexity index is 604. The lowest BCUT2D eigenvalue weighted by molar-refractivity contribution is -0.134. The molecule has 1 heterocycles. The molecule has 0 saturated heterocycles.